The Morgan fingerprint density at radius 3 is 2.76 bits per heavy atom. The number of rotatable bonds is 7. The van der Waals surface area contributed by atoms with Gasteiger partial charge in [0.2, 0.25) is 5.91 Å². The van der Waals surface area contributed by atoms with E-state index in [0.717, 1.165) is 17.8 Å². The summed E-state index contributed by atoms with van der Waals surface area (Å²) in [6.45, 7) is 5.26. The molecule has 1 fully saturated rings. The Kier molecular flexibility index (Phi) is 7.12. The van der Waals surface area contributed by atoms with Crippen LogP contribution in [0.2, 0.25) is 0 Å². The molecule has 136 valence electrons. The van der Waals surface area contributed by atoms with Crippen molar-refractivity contribution in [3.05, 3.63) is 28.7 Å². The van der Waals surface area contributed by atoms with Gasteiger partial charge in [0.1, 0.15) is 5.69 Å². The van der Waals surface area contributed by atoms with E-state index >= 15 is 0 Å². The van der Waals surface area contributed by atoms with Gasteiger partial charge < -0.3 is 15.0 Å². The van der Waals surface area contributed by atoms with Crippen LogP contribution in [0, 0.1) is 0 Å². The summed E-state index contributed by atoms with van der Waals surface area (Å²) in [4.78, 5) is 41.3. The molecule has 0 aliphatic carbocycles. The number of nitrogens with zero attached hydrogens (tertiary/aromatic N) is 2. The molecule has 2 amide bonds. The van der Waals surface area contributed by atoms with Gasteiger partial charge in [-0.3, -0.25) is 14.4 Å². The van der Waals surface area contributed by atoms with Crippen molar-refractivity contribution in [3.63, 3.8) is 0 Å². The van der Waals surface area contributed by atoms with Crippen molar-refractivity contribution in [1.29, 1.82) is 0 Å². The van der Waals surface area contributed by atoms with Crippen LogP contribution in [0.25, 0.3) is 0 Å². The number of carbonyl (C=O) groups is 3. The number of likely N-dealkylation sites (tertiary alicyclic amines) is 1. The molecule has 7 nitrogen and oxygen atoms in total. The van der Waals surface area contributed by atoms with Gasteiger partial charge in [0.15, 0.2) is 0 Å². The number of ether oxygens (including phenoxy) is 1. The number of carbonyl (C=O) groups excluding carboxylic acids is 3. The minimum Gasteiger partial charge on any atom is -0.469 e. The predicted octanol–water partition coefficient (Wildman–Crippen LogP) is 1.72. The lowest BCUT2D eigenvalue weighted by Gasteiger charge is -2.31. The summed E-state index contributed by atoms with van der Waals surface area (Å²) in [7, 11) is 1.32. The number of esters is 1. The van der Waals surface area contributed by atoms with Crippen LogP contribution in [0.3, 0.4) is 0 Å². The predicted molar refractivity (Wildman–Crippen MR) is 94.4 cm³/mol. The Morgan fingerprint density at radius 1 is 1.40 bits per heavy atom. The van der Waals surface area contributed by atoms with Crippen molar-refractivity contribution >= 4 is 29.1 Å². The lowest BCUT2D eigenvalue weighted by molar-refractivity contribution is -0.143. The Hall–Kier alpha value is -2.22. The fraction of sp³-hybridized carbons (Fsp3) is 0.529. The molecule has 0 spiro atoms. The second kappa shape index (κ2) is 9.31. The van der Waals surface area contributed by atoms with Crippen LogP contribution in [0.4, 0.5) is 0 Å². The summed E-state index contributed by atoms with van der Waals surface area (Å²) in [6, 6.07) is 0. The number of aromatic nitrogens is 1. The van der Waals surface area contributed by atoms with Crippen LogP contribution in [-0.2, 0) is 14.3 Å². The van der Waals surface area contributed by atoms with Crippen LogP contribution in [-0.4, -0.2) is 54.4 Å². The van der Waals surface area contributed by atoms with Gasteiger partial charge in [-0.15, -0.1) is 17.9 Å². The fourth-order valence-electron chi connectivity index (χ4n) is 2.68. The Morgan fingerprint density at radius 2 is 2.12 bits per heavy atom. The largest absolute Gasteiger partial charge is 0.469 e. The Labute approximate surface area is 151 Å². The van der Waals surface area contributed by atoms with Gasteiger partial charge in [-0.2, -0.15) is 0 Å². The van der Waals surface area contributed by atoms with Crippen LogP contribution < -0.4 is 5.32 Å². The molecule has 0 radical (unpaired) electrons. The molecule has 1 aromatic heterocycles. The second-order valence-electron chi connectivity index (χ2n) is 5.80. The van der Waals surface area contributed by atoms with E-state index in [-0.39, 0.29) is 36.5 Å². The van der Waals surface area contributed by atoms with Crippen LogP contribution in [0.5, 0.6) is 0 Å². The number of piperidine rings is 1. The van der Waals surface area contributed by atoms with Crippen molar-refractivity contribution in [1.82, 2.24) is 15.2 Å². The SMILES string of the molecule is C=CCNC(=O)c1csc(C2CCN(C(=O)CCC(=O)OC)CC2)n1. The third kappa shape index (κ3) is 5.38. The Bertz CT molecular complexity index is 636. The number of hydrogen-bond acceptors (Lipinski definition) is 6. The highest BCUT2D eigenvalue weighted by Crippen LogP contribution is 2.30. The van der Waals surface area contributed by atoms with Crippen molar-refractivity contribution in [2.45, 2.75) is 31.6 Å². The molecular formula is C17H23N3O4S. The second-order valence-corrected chi connectivity index (χ2v) is 6.69. The molecular weight excluding hydrogens is 342 g/mol. The molecule has 0 saturated carbocycles. The zero-order valence-electron chi connectivity index (χ0n) is 14.3. The summed E-state index contributed by atoms with van der Waals surface area (Å²) >= 11 is 1.48. The lowest BCUT2D eigenvalue weighted by atomic mass is 9.97. The molecule has 1 saturated heterocycles. The zero-order chi connectivity index (χ0) is 18.2. The average molecular weight is 365 g/mol. The van der Waals surface area contributed by atoms with E-state index in [2.05, 4.69) is 21.6 Å². The summed E-state index contributed by atoms with van der Waals surface area (Å²) in [5.74, 6) is -0.325. The van der Waals surface area contributed by atoms with Gasteiger partial charge in [-0.1, -0.05) is 6.08 Å². The molecule has 1 aliphatic heterocycles. The average Bonchev–Trinajstić information content (AvgIpc) is 3.14. The van der Waals surface area contributed by atoms with Crippen LogP contribution >= 0.6 is 11.3 Å². The summed E-state index contributed by atoms with van der Waals surface area (Å²) < 4.78 is 4.55. The van der Waals surface area contributed by atoms with Gasteiger partial charge in [-0.05, 0) is 12.8 Å². The van der Waals surface area contributed by atoms with Gasteiger partial charge in [0.05, 0.1) is 18.5 Å². The molecule has 1 aliphatic rings. The lowest BCUT2D eigenvalue weighted by Crippen LogP contribution is -2.38. The fourth-order valence-corrected chi connectivity index (χ4v) is 3.65. The number of hydrogen-bond donors (Lipinski definition) is 1. The maximum absolute atomic E-state index is 12.1. The van der Waals surface area contributed by atoms with E-state index in [1.807, 2.05) is 0 Å². The van der Waals surface area contributed by atoms with E-state index in [1.165, 1.54) is 18.4 Å². The van der Waals surface area contributed by atoms with Crippen LogP contribution in [0.1, 0.15) is 47.1 Å². The van der Waals surface area contributed by atoms with E-state index in [1.54, 1.807) is 16.4 Å². The Balaban J connectivity index is 1.83. The minimum absolute atomic E-state index is 0.0209. The van der Waals surface area contributed by atoms with E-state index in [9.17, 15) is 14.4 Å². The quantitative estimate of drug-likeness (QED) is 0.587. The van der Waals surface area contributed by atoms with Crippen molar-refractivity contribution in [2.75, 3.05) is 26.7 Å². The molecule has 0 bridgehead atoms. The molecule has 2 rings (SSSR count). The third-order valence-electron chi connectivity index (χ3n) is 4.13. The minimum atomic E-state index is -0.367. The highest BCUT2D eigenvalue weighted by molar-refractivity contribution is 7.09. The first-order valence-corrected chi connectivity index (χ1v) is 9.12. The topological polar surface area (TPSA) is 88.6 Å². The smallest absolute Gasteiger partial charge is 0.306 e. The highest BCUT2D eigenvalue weighted by Gasteiger charge is 2.26. The van der Waals surface area contributed by atoms with E-state index < -0.39 is 0 Å². The summed E-state index contributed by atoms with van der Waals surface area (Å²) in [6.07, 6.45) is 3.54. The maximum Gasteiger partial charge on any atom is 0.306 e. The summed E-state index contributed by atoms with van der Waals surface area (Å²) in [5, 5.41) is 5.41. The monoisotopic (exact) mass is 365 g/mol. The normalized spacial score (nSPS) is 14.8. The van der Waals surface area contributed by atoms with Crippen molar-refractivity contribution in [3.8, 4) is 0 Å². The molecule has 0 unspecified atom stereocenters. The molecule has 1 aromatic rings. The van der Waals surface area contributed by atoms with Crippen LogP contribution in [0.15, 0.2) is 18.0 Å². The van der Waals surface area contributed by atoms with E-state index in [0.29, 0.717) is 25.3 Å². The van der Waals surface area contributed by atoms with Gasteiger partial charge in [0, 0.05) is 37.4 Å². The first kappa shape index (κ1) is 19.1. The highest BCUT2D eigenvalue weighted by atomic mass is 32.1. The van der Waals surface area contributed by atoms with Gasteiger partial charge in [0.25, 0.3) is 5.91 Å². The first-order chi connectivity index (χ1) is 12.0. The molecule has 0 atom stereocenters. The molecule has 2 heterocycles. The molecule has 25 heavy (non-hydrogen) atoms. The van der Waals surface area contributed by atoms with Crippen molar-refractivity contribution < 1.29 is 19.1 Å². The third-order valence-corrected chi connectivity index (χ3v) is 5.14. The molecule has 1 N–H and O–H groups in total. The zero-order valence-corrected chi connectivity index (χ0v) is 15.1. The number of amides is 2. The molecule has 0 aromatic carbocycles. The maximum atomic E-state index is 12.1. The van der Waals surface area contributed by atoms with Gasteiger partial charge >= 0.3 is 5.97 Å². The standard InChI is InChI=1S/C17H23N3O4S/c1-3-8-18-16(23)13-11-25-17(19-13)12-6-9-20(10-7-12)14(21)4-5-15(22)24-2/h3,11-12H,1,4-10H2,2H3,(H,18,23). The molecule has 8 heteroatoms. The summed E-state index contributed by atoms with van der Waals surface area (Å²) in [5.41, 5.74) is 0.429. The van der Waals surface area contributed by atoms with Gasteiger partial charge in [-0.25, -0.2) is 4.98 Å². The first-order valence-electron chi connectivity index (χ1n) is 8.24. The van der Waals surface area contributed by atoms with Crippen molar-refractivity contribution in [2.24, 2.45) is 0 Å². The van der Waals surface area contributed by atoms with E-state index in [4.69, 9.17) is 0 Å². The number of nitrogens with one attached hydrogen (secondary N) is 1. The number of methoxy groups -OCH3 is 1. The number of thiazole rings is 1.